The average Bonchev–Trinajstić information content (AvgIpc) is 3.21. The molecule has 62 heavy (non-hydrogen) atoms. The second-order valence-electron chi connectivity index (χ2n) is 19.1. The van der Waals surface area contributed by atoms with Crippen LogP contribution in [-0.4, -0.2) is 87.5 Å². The van der Waals surface area contributed by atoms with E-state index in [4.69, 9.17) is 13.6 Å². The lowest BCUT2D eigenvalue weighted by Crippen LogP contribution is -2.69. The molecule has 13 heteroatoms. The van der Waals surface area contributed by atoms with Crippen molar-refractivity contribution in [3.8, 4) is 5.75 Å². The molecule has 0 aliphatic carbocycles. The maximum Gasteiger partial charge on any atom is 0.353 e. The standard InChI is InChI=1S/C49H65N2O8PSi2/c1-35(59-62(10,11)49(5,6)7)44-41(33-42(52)36-27-29-37(30-28-36)57-34-43(53)50-31-32-58-61(8,9)48(2,3)4)51(45(44)54)46(47(55)56)60(38-21-15-12-16-22-38,39-23-17-13-18-24-39)40-25-19-14-20-26-40/h12-30,35,41,44H,31-34H2,1-11H3,(H,50,53)(H,55,56)/t35-,41-,44-/m1/s1. The Morgan fingerprint density at radius 2 is 1.21 bits per heavy atom. The van der Waals surface area contributed by atoms with Gasteiger partial charge in [0, 0.05) is 25.4 Å². The summed E-state index contributed by atoms with van der Waals surface area (Å²) >= 11 is 0. The third-order valence-corrected chi connectivity index (χ3v) is 26.2. The van der Waals surface area contributed by atoms with E-state index in [2.05, 4.69) is 73.0 Å². The predicted octanol–water partition coefficient (Wildman–Crippen LogP) is 8.22. The number of hydrogen-bond donors (Lipinski definition) is 2. The summed E-state index contributed by atoms with van der Waals surface area (Å²) in [6.45, 7) is 20.6. The lowest BCUT2D eigenvalue weighted by molar-refractivity contribution is -0.155. The molecule has 332 valence electrons. The second-order valence-corrected chi connectivity index (χ2v) is 32.0. The number of nitrogens with zero attached hydrogens (tertiary/aromatic N) is 1. The van der Waals surface area contributed by atoms with Crippen molar-refractivity contribution >= 4 is 68.4 Å². The Morgan fingerprint density at radius 3 is 1.65 bits per heavy atom. The third-order valence-electron chi connectivity index (χ3n) is 12.9. The number of rotatable bonds is 18. The van der Waals surface area contributed by atoms with E-state index in [1.807, 2.05) is 97.9 Å². The highest BCUT2D eigenvalue weighted by Crippen LogP contribution is 2.50. The molecule has 2 amide bonds. The summed E-state index contributed by atoms with van der Waals surface area (Å²) in [4.78, 5) is 57.4. The van der Waals surface area contributed by atoms with E-state index in [0.29, 0.717) is 24.5 Å². The molecular formula is C49H65N2O8PSi2. The average molecular weight is 897 g/mol. The van der Waals surface area contributed by atoms with Gasteiger partial charge in [-0.1, -0.05) is 133 Å². The van der Waals surface area contributed by atoms with E-state index in [1.54, 1.807) is 24.3 Å². The highest BCUT2D eigenvalue weighted by atomic mass is 31.2. The van der Waals surface area contributed by atoms with Gasteiger partial charge in [-0.05, 0) is 83.4 Å². The van der Waals surface area contributed by atoms with E-state index in [-0.39, 0.29) is 46.1 Å². The highest BCUT2D eigenvalue weighted by molar-refractivity contribution is 7.96. The number of nitrogens with one attached hydrogen (secondary N) is 1. The molecule has 4 aromatic rings. The number of likely N-dealkylation sites (tertiary alicyclic amines) is 1. The van der Waals surface area contributed by atoms with Crippen LogP contribution in [0.5, 0.6) is 5.75 Å². The van der Waals surface area contributed by atoms with Gasteiger partial charge in [0.15, 0.2) is 29.0 Å². The summed E-state index contributed by atoms with van der Waals surface area (Å²) < 4.78 is 18.7. The minimum atomic E-state index is -3.28. The fourth-order valence-electron chi connectivity index (χ4n) is 7.41. The molecular weight excluding hydrogens is 832 g/mol. The molecule has 0 radical (unpaired) electrons. The summed E-state index contributed by atoms with van der Waals surface area (Å²) in [6, 6.07) is 34.3. The zero-order valence-electron chi connectivity index (χ0n) is 38.2. The van der Waals surface area contributed by atoms with Crippen molar-refractivity contribution in [2.45, 2.75) is 103 Å². The van der Waals surface area contributed by atoms with Crippen LogP contribution in [0, 0.1) is 5.92 Å². The molecule has 4 aromatic carbocycles. The number of carbonyl (C=O) groups is 4. The summed E-state index contributed by atoms with van der Waals surface area (Å²) in [5.74, 6) is -2.54. The van der Waals surface area contributed by atoms with Gasteiger partial charge >= 0.3 is 5.97 Å². The molecule has 0 spiro atoms. The highest BCUT2D eigenvalue weighted by Gasteiger charge is 2.57. The number of Topliss-reactive ketones (excluding diaryl/α,β-unsaturated/α-hetero) is 1. The van der Waals surface area contributed by atoms with Crippen molar-refractivity contribution < 1.29 is 37.9 Å². The number of ketones is 1. The van der Waals surface area contributed by atoms with Crippen LogP contribution in [0.2, 0.25) is 36.3 Å². The quantitative estimate of drug-likeness (QED) is 0.0336. The van der Waals surface area contributed by atoms with E-state index in [1.165, 1.54) is 4.90 Å². The van der Waals surface area contributed by atoms with Crippen LogP contribution in [-0.2, 0) is 23.2 Å². The number of benzene rings is 4. The van der Waals surface area contributed by atoms with Gasteiger partial charge in [-0.15, -0.1) is 0 Å². The van der Waals surface area contributed by atoms with Crippen LogP contribution in [0.1, 0.15) is 65.2 Å². The number of carboxylic acids is 1. The van der Waals surface area contributed by atoms with Crippen molar-refractivity contribution in [2.75, 3.05) is 19.8 Å². The molecule has 3 atom stereocenters. The maximum absolute atomic E-state index is 14.9. The smallest absolute Gasteiger partial charge is 0.353 e. The fraction of sp³-hybridized carbons (Fsp3) is 0.408. The number of carboxylic acid groups (broad SMARTS) is 1. The van der Waals surface area contributed by atoms with Crippen molar-refractivity contribution in [3.05, 3.63) is 121 Å². The van der Waals surface area contributed by atoms with Crippen LogP contribution in [0.4, 0.5) is 0 Å². The van der Waals surface area contributed by atoms with Gasteiger partial charge in [-0.3, -0.25) is 14.4 Å². The molecule has 0 aromatic heterocycles. The normalized spacial score (nSPS) is 16.6. The number of carbonyl (C=O) groups excluding carboxylic acids is 3. The molecule has 10 nitrogen and oxygen atoms in total. The minimum absolute atomic E-state index is 0.0479. The van der Waals surface area contributed by atoms with Gasteiger partial charge in [-0.2, -0.15) is 0 Å². The molecule has 1 aliphatic heterocycles. The second kappa shape index (κ2) is 19.4. The van der Waals surface area contributed by atoms with Crippen LogP contribution in [0.15, 0.2) is 115 Å². The van der Waals surface area contributed by atoms with Gasteiger partial charge < -0.3 is 28.9 Å². The van der Waals surface area contributed by atoms with Crippen LogP contribution >= 0.6 is 6.89 Å². The molecule has 0 unspecified atom stereocenters. The summed E-state index contributed by atoms with van der Waals surface area (Å²) in [7, 11) is -4.34. The molecule has 0 saturated carbocycles. The molecule has 2 N–H and O–H groups in total. The molecule has 1 saturated heterocycles. The van der Waals surface area contributed by atoms with Gasteiger partial charge in [0.25, 0.3) is 5.91 Å². The predicted molar refractivity (Wildman–Crippen MR) is 257 cm³/mol. The first-order valence-electron chi connectivity index (χ1n) is 21.4. The molecule has 5 rings (SSSR count). The Morgan fingerprint density at radius 1 is 0.742 bits per heavy atom. The number of ether oxygens (including phenoxy) is 1. The number of hydrogen-bond acceptors (Lipinski definition) is 7. The third kappa shape index (κ3) is 10.4. The zero-order valence-corrected chi connectivity index (χ0v) is 41.1. The van der Waals surface area contributed by atoms with Crippen LogP contribution < -0.4 is 26.0 Å². The summed E-state index contributed by atoms with van der Waals surface area (Å²) in [5.41, 5.74) is 0.320. The number of aliphatic carboxylic acids is 1. The minimum Gasteiger partial charge on any atom is -0.484 e. The molecule has 0 bridgehead atoms. The van der Waals surface area contributed by atoms with Gasteiger partial charge in [-0.25, -0.2) is 4.79 Å². The van der Waals surface area contributed by atoms with Crippen molar-refractivity contribution in [1.82, 2.24) is 10.2 Å². The van der Waals surface area contributed by atoms with E-state index in [9.17, 15) is 24.3 Å². The number of β-lactam (4-membered cyclic amide) rings is 1. The summed E-state index contributed by atoms with van der Waals surface area (Å²) in [6.07, 6.45) is -0.734. The van der Waals surface area contributed by atoms with Gasteiger partial charge in [0.05, 0.1) is 24.7 Å². The topological polar surface area (TPSA) is 131 Å². The van der Waals surface area contributed by atoms with Crippen molar-refractivity contribution in [2.24, 2.45) is 5.92 Å². The van der Waals surface area contributed by atoms with Gasteiger partial charge in [0.2, 0.25) is 5.91 Å². The Bertz CT molecular complexity index is 2150. The lowest BCUT2D eigenvalue weighted by Gasteiger charge is -2.52. The molecule has 1 aliphatic rings. The lowest BCUT2D eigenvalue weighted by atomic mass is 9.79. The first-order valence-corrected chi connectivity index (χ1v) is 29.0. The van der Waals surface area contributed by atoms with Crippen LogP contribution in [0.25, 0.3) is 0 Å². The zero-order chi connectivity index (χ0) is 45.7. The monoisotopic (exact) mass is 896 g/mol. The molecule has 1 heterocycles. The Balaban J connectivity index is 1.50. The van der Waals surface area contributed by atoms with Crippen molar-refractivity contribution in [3.63, 3.8) is 0 Å². The van der Waals surface area contributed by atoms with Crippen molar-refractivity contribution in [1.29, 1.82) is 0 Å². The summed E-state index contributed by atoms with van der Waals surface area (Å²) in [5, 5.41) is 16.6. The fourth-order valence-corrected chi connectivity index (χ4v) is 14.2. The van der Waals surface area contributed by atoms with Gasteiger partial charge in [0.1, 0.15) is 11.2 Å². The van der Waals surface area contributed by atoms with E-state index >= 15 is 0 Å². The largest absolute Gasteiger partial charge is 0.484 e. The Kier molecular flexibility index (Phi) is 15.2. The Hall–Kier alpha value is -4.59. The maximum atomic E-state index is 14.9. The van der Waals surface area contributed by atoms with E-state index in [0.717, 1.165) is 15.9 Å². The van der Waals surface area contributed by atoms with Crippen LogP contribution in [0.3, 0.4) is 0 Å². The Labute approximate surface area is 370 Å². The SMILES string of the molecule is C[C@@H](O[Si](C)(C)C(C)(C)C)[C@H]1C(=O)N(C(C(=O)O)=P(c2ccccc2)(c2ccccc2)c2ccccc2)[C@@H]1CC(=O)c1ccc(OCC(=O)NCCO[Si](C)(C)C(C)(C)C)cc1. The first kappa shape index (κ1) is 48.4. The van der Waals surface area contributed by atoms with E-state index < -0.39 is 47.6 Å². The number of amides is 2. The first-order chi connectivity index (χ1) is 29.0. The molecule has 1 fully saturated rings.